The average Bonchev–Trinajstić information content (AvgIpc) is 3.75. The Hall–Kier alpha value is -4.35. The van der Waals surface area contributed by atoms with E-state index >= 15 is 0 Å². The summed E-state index contributed by atoms with van der Waals surface area (Å²) in [6.07, 6.45) is 7.54. The molecule has 10 atom stereocenters. The lowest BCUT2D eigenvalue weighted by Gasteiger charge is -2.72. The molecule has 1 aromatic heterocycles. The van der Waals surface area contributed by atoms with Gasteiger partial charge in [0.05, 0.1) is 17.4 Å². The minimum absolute atomic E-state index is 0.00141. The van der Waals surface area contributed by atoms with Crippen molar-refractivity contribution in [1.82, 2.24) is 20.8 Å². The normalized spacial score (nSPS) is 36.6. The standard InChI is InChI=1S/C51H70N4O8/c1-27(2)38-34(56)26-51(53-44(61)47(8,9)52-40(57)29-13-15-30(16-14-29)41-55-54-28(3)62-41)24-23-49(11)31(39(38)51)17-18-36-48(10)21-20-37(46(6,7)35(48)19-22-50(36,49)12)63-43(60)33-25-32(42(58)59)45(33,4)5/h13-16,27,31-33,35-37H,17-26H2,1-12H3,(H,52,57)(H,53,61)(H,58,59)/t31-,32+,33?,35+,36-,37+,48+,49-,50-,51-/m1/s1. The van der Waals surface area contributed by atoms with Crippen LogP contribution in [0.15, 0.2) is 39.8 Å². The zero-order valence-electron chi connectivity index (χ0n) is 39.6. The highest BCUT2D eigenvalue weighted by atomic mass is 16.5. The summed E-state index contributed by atoms with van der Waals surface area (Å²) in [5.74, 6) is -0.962. The van der Waals surface area contributed by atoms with Gasteiger partial charge in [-0.2, -0.15) is 0 Å². The van der Waals surface area contributed by atoms with Crippen LogP contribution in [0.4, 0.5) is 0 Å². The van der Waals surface area contributed by atoms with E-state index in [-0.39, 0.29) is 69.6 Å². The predicted octanol–water partition coefficient (Wildman–Crippen LogP) is 9.06. The Morgan fingerprint density at radius 2 is 1.52 bits per heavy atom. The number of carboxylic acid groups (broad SMARTS) is 1. The number of aryl methyl sites for hydroxylation is 1. The van der Waals surface area contributed by atoms with Crippen molar-refractivity contribution in [2.24, 2.45) is 62.6 Å². The number of ketones is 1. The Kier molecular flexibility index (Phi) is 10.7. The third-order valence-electron chi connectivity index (χ3n) is 18.7. The van der Waals surface area contributed by atoms with Gasteiger partial charge in [0.25, 0.3) is 5.91 Å². The zero-order chi connectivity index (χ0) is 46.0. The molecule has 0 radical (unpaired) electrons. The maximum atomic E-state index is 14.5. The number of nitrogens with zero attached hydrogens (tertiary/aromatic N) is 2. The van der Waals surface area contributed by atoms with Gasteiger partial charge < -0.3 is 24.9 Å². The lowest BCUT2D eigenvalue weighted by molar-refractivity contribution is -0.235. The smallest absolute Gasteiger partial charge is 0.309 e. The molecule has 1 unspecified atom stereocenters. The molecule has 6 aliphatic rings. The molecule has 2 aromatic rings. The van der Waals surface area contributed by atoms with Gasteiger partial charge in [-0.25, -0.2) is 0 Å². The molecule has 0 aliphatic heterocycles. The summed E-state index contributed by atoms with van der Waals surface area (Å²) in [6, 6.07) is 6.83. The van der Waals surface area contributed by atoms with Crippen molar-refractivity contribution in [3.05, 3.63) is 46.9 Å². The van der Waals surface area contributed by atoms with E-state index in [4.69, 9.17) is 9.15 Å². The molecule has 12 nitrogen and oxygen atoms in total. The Morgan fingerprint density at radius 3 is 2.13 bits per heavy atom. The molecule has 63 heavy (non-hydrogen) atoms. The molecule has 0 bridgehead atoms. The van der Waals surface area contributed by atoms with Gasteiger partial charge in [-0.1, -0.05) is 62.3 Å². The molecule has 0 saturated heterocycles. The van der Waals surface area contributed by atoms with Crippen LogP contribution in [0.1, 0.15) is 157 Å². The Morgan fingerprint density at radius 1 is 0.841 bits per heavy atom. The van der Waals surface area contributed by atoms with Crippen LogP contribution in [-0.2, 0) is 23.9 Å². The lowest BCUT2D eigenvalue weighted by Crippen LogP contribution is -2.68. The van der Waals surface area contributed by atoms with Crippen molar-refractivity contribution in [3.63, 3.8) is 0 Å². The van der Waals surface area contributed by atoms with Gasteiger partial charge in [0.2, 0.25) is 17.7 Å². The third-order valence-corrected chi connectivity index (χ3v) is 18.7. The second-order valence-electron chi connectivity index (χ2n) is 23.3. The highest BCUT2D eigenvalue weighted by Gasteiger charge is 2.71. The number of carbonyl (C=O) groups is 5. The first-order chi connectivity index (χ1) is 29.2. The van der Waals surface area contributed by atoms with Gasteiger partial charge in [0.1, 0.15) is 11.6 Å². The minimum atomic E-state index is -1.28. The summed E-state index contributed by atoms with van der Waals surface area (Å²) in [5.41, 5.74) is -0.0789. The number of carbonyl (C=O) groups excluding carboxylic acids is 4. The Labute approximate surface area is 372 Å². The van der Waals surface area contributed by atoms with Crippen LogP contribution < -0.4 is 10.6 Å². The number of aromatic nitrogens is 2. The van der Waals surface area contributed by atoms with Gasteiger partial charge >= 0.3 is 11.9 Å². The fraction of sp³-hybridized carbons (Fsp3) is 0.706. The average molecular weight is 867 g/mol. The Balaban J connectivity index is 1.01. The second kappa shape index (κ2) is 14.8. The van der Waals surface area contributed by atoms with Crippen LogP contribution in [0.25, 0.3) is 11.5 Å². The van der Waals surface area contributed by atoms with Crippen LogP contribution in [0.3, 0.4) is 0 Å². The summed E-state index contributed by atoms with van der Waals surface area (Å²) in [5, 5.41) is 24.1. The fourth-order valence-corrected chi connectivity index (χ4v) is 14.9. The van der Waals surface area contributed by atoms with E-state index in [0.29, 0.717) is 47.6 Å². The quantitative estimate of drug-likeness (QED) is 0.206. The van der Waals surface area contributed by atoms with Gasteiger partial charge in [0.15, 0.2) is 5.78 Å². The van der Waals surface area contributed by atoms with Crippen molar-refractivity contribution in [3.8, 4) is 11.5 Å². The first kappa shape index (κ1) is 45.2. The zero-order valence-corrected chi connectivity index (χ0v) is 39.6. The summed E-state index contributed by atoms with van der Waals surface area (Å²) < 4.78 is 12.0. The molecule has 2 amide bonds. The highest BCUT2D eigenvalue weighted by Crippen LogP contribution is 2.76. The number of hydrogen-bond donors (Lipinski definition) is 3. The van der Waals surface area contributed by atoms with Crippen LogP contribution in [0.5, 0.6) is 0 Å². The van der Waals surface area contributed by atoms with Crippen LogP contribution >= 0.6 is 0 Å². The van der Waals surface area contributed by atoms with Gasteiger partial charge in [-0.3, -0.25) is 24.0 Å². The number of ether oxygens (including phenoxy) is 1. The highest BCUT2D eigenvalue weighted by molar-refractivity contribution is 6.03. The molecule has 12 heteroatoms. The molecular weight excluding hydrogens is 797 g/mol. The van der Waals surface area contributed by atoms with Crippen LogP contribution in [0.2, 0.25) is 0 Å². The van der Waals surface area contributed by atoms with E-state index in [1.807, 2.05) is 13.8 Å². The van der Waals surface area contributed by atoms with Crippen molar-refractivity contribution in [1.29, 1.82) is 0 Å². The van der Waals surface area contributed by atoms with Crippen molar-refractivity contribution < 1.29 is 38.2 Å². The lowest BCUT2D eigenvalue weighted by atomic mass is 9.33. The number of allylic oxidation sites excluding steroid dienone is 1. The van der Waals surface area contributed by atoms with Gasteiger partial charge in [-0.15, -0.1) is 10.2 Å². The Bertz CT molecular complexity index is 2270. The summed E-state index contributed by atoms with van der Waals surface area (Å²) in [7, 11) is 0. The first-order valence-electron chi connectivity index (χ1n) is 23.5. The molecule has 342 valence electrons. The third kappa shape index (κ3) is 6.75. The fourth-order valence-electron chi connectivity index (χ4n) is 14.9. The molecular formula is C51H70N4O8. The van der Waals surface area contributed by atoms with E-state index in [0.717, 1.165) is 56.1 Å². The molecule has 1 heterocycles. The molecule has 0 spiro atoms. The summed E-state index contributed by atoms with van der Waals surface area (Å²) in [6.45, 7) is 25.2. The summed E-state index contributed by atoms with van der Waals surface area (Å²) in [4.78, 5) is 67.9. The molecule has 8 rings (SSSR count). The maximum Gasteiger partial charge on any atom is 0.309 e. The molecule has 5 saturated carbocycles. The molecule has 1 aromatic carbocycles. The number of Topliss-reactive ketones (excluding diaryl/α,β-unsaturated/α-hetero) is 1. The number of rotatable bonds is 9. The van der Waals surface area contributed by atoms with Crippen molar-refractivity contribution in [2.45, 2.75) is 164 Å². The van der Waals surface area contributed by atoms with Crippen molar-refractivity contribution in [2.75, 3.05) is 0 Å². The van der Waals surface area contributed by atoms with Crippen LogP contribution in [-0.4, -0.2) is 62.0 Å². The SMILES string of the molecule is Cc1nnc(-c2ccc(C(=O)NC(C)(C)C(=O)N[C@@]34CC[C@]5(C)[C@H](CC[C@@H]6[C@@]7(C)CC[C@H](OC(=O)C8C[C@@H](C(=O)O)C8(C)C)C(C)(C)[C@@H]7CC[C@]65C)C3=C(C(C)C)C(=O)C4)cc2)o1. The topological polar surface area (TPSA) is 178 Å². The monoisotopic (exact) mass is 867 g/mol. The number of aliphatic carboxylic acids is 1. The number of nitrogens with one attached hydrogen (secondary N) is 2. The van der Waals surface area contributed by atoms with Gasteiger partial charge in [-0.05, 0) is 152 Å². The van der Waals surface area contributed by atoms with E-state index in [2.05, 4.69) is 69.3 Å². The van der Waals surface area contributed by atoms with E-state index in [9.17, 15) is 29.1 Å². The second-order valence-corrected chi connectivity index (χ2v) is 23.3. The number of fused-ring (bicyclic) bond motifs is 7. The summed E-state index contributed by atoms with van der Waals surface area (Å²) >= 11 is 0. The van der Waals surface area contributed by atoms with Gasteiger partial charge in [0, 0.05) is 29.9 Å². The number of carboxylic acids is 1. The largest absolute Gasteiger partial charge is 0.481 e. The number of benzene rings is 1. The molecule has 3 N–H and O–H groups in total. The van der Waals surface area contributed by atoms with Crippen LogP contribution in [0, 0.1) is 69.5 Å². The van der Waals surface area contributed by atoms with Crippen molar-refractivity contribution >= 4 is 29.5 Å². The first-order valence-corrected chi connectivity index (χ1v) is 23.5. The van der Waals surface area contributed by atoms with E-state index in [1.54, 1.807) is 45.0 Å². The molecule has 5 fully saturated rings. The number of esters is 1. The number of hydrogen-bond acceptors (Lipinski definition) is 9. The maximum absolute atomic E-state index is 14.5. The predicted molar refractivity (Wildman–Crippen MR) is 237 cm³/mol. The number of amides is 2. The molecule has 6 aliphatic carbocycles. The van der Waals surface area contributed by atoms with E-state index in [1.165, 1.54) is 0 Å². The minimum Gasteiger partial charge on any atom is -0.481 e. The van der Waals surface area contributed by atoms with E-state index < -0.39 is 34.3 Å².